The number of carbonyl (C=O) groups excluding carboxylic acids is 1. The number of nitrogens with zero attached hydrogens (tertiary/aromatic N) is 3. The highest BCUT2D eigenvalue weighted by Gasteiger charge is 2.37. The summed E-state index contributed by atoms with van der Waals surface area (Å²) in [4.78, 5) is 12.4. The van der Waals surface area contributed by atoms with Gasteiger partial charge in [0.05, 0.1) is 5.25 Å². The lowest BCUT2D eigenvalue weighted by molar-refractivity contribution is -0.115. The van der Waals surface area contributed by atoms with Crippen LogP contribution in [0.3, 0.4) is 0 Å². The molecule has 2 aliphatic carbocycles. The molecule has 0 aliphatic heterocycles. The van der Waals surface area contributed by atoms with Crippen molar-refractivity contribution in [1.82, 2.24) is 14.8 Å². The molecule has 1 aromatic heterocycles. The third-order valence-electron chi connectivity index (χ3n) is 4.38. The maximum atomic E-state index is 13.3. The molecule has 132 valence electrons. The summed E-state index contributed by atoms with van der Waals surface area (Å²) in [6.07, 6.45) is 4.56. The van der Waals surface area contributed by atoms with Gasteiger partial charge in [0.2, 0.25) is 5.91 Å². The van der Waals surface area contributed by atoms with E-state index in [-0.39, 0.29) is 11.6 Å². The van der Waals surface area contributed by atoms with E-state index in [0.29, 0.717) is 12.0 Å². The predicted molar refractivity (Wildman–Crippen MR) is 90.6 cm³/mol. The maximum Gasteiger partial charge on any atom is 0.237 e. The first-order chi connectivity index (χ1) is 12.0. The van der Waals surface area contributed by atoms with Crippen molar-refractivity contribution in [3.8, 4) is 0 Å². The molecular weight excluding hydrogens is 346 g/mol. The van der Waals surface area contributed by atoms with Crippen molar-refractivity contribution >= 4 is 23.4 Å². The normalized spacial score (nSPS) is 18.2. The molecule has 1 heterocycles. The zero-order valence-corrected chi connectivity index (χ0v) is 14.5. The minimum atomic E-state index is -0.986. The number of halogens is 2. The molecule has 0 radical (unpaired) electrons. The highest BCUT2D eigenvalue weighted by Crippen LogP contribution is 2.46. The van der Waals surface area contributed by atoms with Crippen LogP contribution in [0.1, 0.15) is 50.4 Å². The number of benzene rings is 1. The van der Waals surface area contributed by atoms with Gasteiger partial charge in [0.15, 0.2) is 16.8 Å². The number of thioether (sulfide) groups is 1. The van der Waals surface area contributed by atoms with Gasteiger partial charge in [0, 0.05) is 23.7 Å². The lowest BCUT2D eigenvalue weighted by Gasteiger charge is -2.13. The molecule has 8 heteroatoms. The molecule has 5 nitrogen and oxygen atoms in total. The Morgan fingerprint density at radius 2 is 2.00 bits per heavy atom. The molecular formula is C17H18F2N4OS. The van der Waals surface area contributed by atoms with Crippen molar-refractivity contribution in [3.05, 3.63) is 35.7 Å². The second kappa shape index (κ2) is 6.40. The molecule has 1 N–H and O–H groups in total. The SMILES string of the molecule is CC(Sc1nnc(C2CC2)n1C1CC1)C(=O)Nc1ccc(F)c(F)c1. The Hall–Kier alpha value is -1.96. The first-order valence-electron chi connectivity index (χ1n) is 8.40. The quantitative estimate of drug-likeness (QED) is 0.790. The summed E-state index contributed by atoms with van der Waals surface area (Å²) in [7, 11) is 0. The molecule has 25 heavy (non-hydrogen) atoms. The fourth-order valence-electron chi connectivity index (χ4n) is 2.69. The monoisotopic (exact) mass is 364 g/mol. The third-order valence-corrected chi connectivity index (χ3v) is 5.44. The van der Waals surface area contributed by atoms with Crippen LogP contribution >= 0.6 is 11.8 Å². The molecule has 2 fully saturated rings. The molecule has 1 amide bonds. The van der Waals surface area contributed by atoms with E-state index < -0.39 is 16.9 Å². The first kappa shape index (κ1) is 16.5. The molecule has 1 atom stereocenters. The molecule has 1 unspecified atom stereocenters. The van der Waals surface area contributed by atoms with Crippen molar-refractivity contribution in [2.45, 2.75) is 55.0 Å². The molecule has 2 saturated carbocycles. The van der Waals surface area contributed by atoms with Crippen molar-refractivity contribution in [3.63, 3.8) is 0 Å². The zero-order valence-electron chi connectivity index (χ0n) is 13.7. The summed E-state index contributed by atoms with van der Waals surface area (Å²) in [5, 5.41) is 11.6. The Kier molecular flexibility index (Phi) is 4.23. The van der Waals surface area contributed by atoms with E-state index in [4.69, 9.17) is 0 Å². The highest BCUT2D eigenvalue weighted by molar-refractivity contribution is 8.00. The number of nitrogens with one attached hydrogen (secondary N) is 1. The molecule has 0 spiro atoms. The number of hydrogen-bond donors (Lipinski definition) is 1. The second-order valence-corrected chi connectivity index (χ2v) is 7.90. The molecule has 0 bridgehead atoms. The van der Waals surface area contributed by atoms with Crippen LogP contribution in [0.15, 0.2) is 23.4 Å². The van der Waals surface area contributed by atoms with Crippen LogP contribution in [0.2, 0.25) is 0 Å². The molecule has 1 aromatic carbocycles. The average Bonchev–Trinajstić information content (AvgIpc) is 3.50. The van der Waals surface area contributed by atoms with Crippen molar-refractivity contribution in [2.24, 2.45) is 0 Å². The Morgan fingerprint density at radius 3 is 2.64 bits per heavy atom. The largest absolute Gasteiger partial charge is 0.325 e. The van der Waals surface area contributed by atoms with Gasteiger partial charge in [-0.05, 0) is 44.7 Å². The van der Waals surface area contributed by atoms with Gasteiger partial charge in [-0.25, -0.2) is 8.78 Å². The maximum absolute atomic E-state index is 13.3. The number of hydrogen-bond acceptors (Lipinski definition) is 4. The van der Waals surface area contributed by atoms with Gasteiger partial charge >= 0.3 is 0 Å². The highest BCUT2D eigenvalue weighted by atomic mass is 32.2. The average molecular weight is 364 g/mol. The smallest absolute Gasteiger partial charge is 0.237 e. The minimum Gasteiger partial charge on any atom is -0.325 e. The zero-order chi connectivity index (χ0) is 17.6. The number of aromatic nitrogens is 3. The molecule has 2 aromatic rings. The van der Waals surface area contributed by atoms with Gasteiger partial charge < -0.3 is 9.88 Å². The van der Waals surface area contributed by atoms with Crippen LogP contribution < -0.4 is 5.32 Å². The van der Waals surface area contributed by atoms with E-state index in [9.17, 15) is 13.6 Å². The van der Waals surface area contributed by atoms with Crippen LogP contribution in [0, 0.1) is 11.6 Å². The Morgan fingerprint density at radius 1 is 1.24 bits per heavy atom. The lowest BCUT2D eigenvalue weighted by atomic mass is 10.3. The van der Waals surface area contributed by atoms with Crippen molar-refractivity contribution in [1.29, 1.82) is 0 Å². The van der Waals surface area contributed by atoms with Crippen LogP contribution in [0.5, 0.6) is 0 Å². The van der Waals surface area contributed by atoms with Crippen molar-refractivity contribution < 1.29 is 13.6 Å². The van der Waals surface area contributed by atoms with Gasteiger partial charge in [-0.2, -0.15) is 0 Å². The number of carbonyl (C=O) groups is 1. The number of anilines is 1. The van der Waals surface area contributed by atoms with Crippen LogP contribution in [-0.2, 0) is 4.79 Å². The van der Waals surface area contributed by atoms with Crippen molar-refractivity contribution in [2.75, 3.05) is 5.32 Å². The van der Waals surface area contributed by atoms with Crippen LogP contribution in [0.25, 0.3) is 0 Å². The van der Waals surface area contributed by atoms with E-state index in [1.165, 1.54) is 17.8 Å². The summed E-state index contributed by atoms with van der Waals surface area (Å²) in [6, 6.07) is 3.76. The number of amides is 1. The van der Waals surface area contributed by atoms with Gasteiger partial charge in [-0.3, -0.25) is 4.79 Å². The first-order valence-corrected chi connectivity index (χ1v) is 9.28. The fourth-order valence-corrected chi connectivity index (χ4v) is 3.62. The van der Waals surface area contributed by atoms with Crippen LogP contribution in [-0.4, -0.2) is 25.9 Å². The third kappa shape index (κ3) is 3.53. The standard InChI is InChI=1S/C17H18F2N4OS/c1-9(16(24)20-11-4-7-13(18)14(19)8-11)25-17-22-21-15(10-2-3-10)23(17)12-5-6-12/h4,7-10,12H,2-3,5-6H2,1H3,(H,20,24). The second-order valence-electron chi connectivity index (χ2n) is 6.59. The summed E-state index contributed by atoms with van der Waals surface area (Å²) >= 11 is 1.35. The van der Waals surface area contributed by atoms with Crippen LogP contribution in [0.4, 0.5) is 14.5 Å². The predicted octanol–water partition coefficient (Wildman–Crippen LogP) is 3.89. The summed E-state index contributed by atoms with van der Waals surface area (Å²) in [5.41, 5.74) is 0.235. The van der Waals surface area contributed by atoms with Gasteiger partial charge in [-0.1, -0.05) is 11.8 Å². The Labute approximate surface area is 148 Å². The van der Waals surface area contributed by atoms with E-state index >= 15 is 0 Å². The summed E-state index contributed by atoms with van der Waals surface area (Å²) in [5.74, 6) is -0.660. The molecule has 2 aliphatic rings. The van der Waals surface area contributed by atoms with E-state index in [1.54, 1.807) is 6.92 Å². The van der Waals surface area contributed by atoms with E-state index in [1.807, 2.05) is 0 Å². The van der Waals surface area contributed by atoms with E-state index in [2.05, 4.69) is 20.1 Å². The topological polar surface area (TPSA) is 59.8 Å². The number of rotatable bonds is 6. The lowest BCUT2D eigenvalue weighted by Crippen LogP contribution is -2.23. The summed E-state index contributed by atoms with van der Waals surface area (Å²) in [6.45, 7) is 1.77. The van der Waals surface area contributed by atoms with E-state index in [0.717, 1.165) is 48.8 Å². The van der Waals surface area contributed by atoms with Gasteiger partial charge in [0.25, 0.3) is 0 Å². The Bertz CT molecular complexity index is 817. The Balaban J connectivity index is 1.45. The van der Waals surface area contributed by atoms with Gasteiger partial charge in [-0.15, -0.1) is 10.2 Å². The summed E-state index contributed by atoms with van der Waals surface area (Å²) < 4.78 is 28.4. The molecule has 0 saturated heterocycles. The fraction of sp³-hybridized carbons (Fsp3) is 0.471. The molecule has 4 rings (SSSR count). The van der Waals surface area contributed by atoms with Gasteiger partial charge in [0.1, 0.15) is 5.82 Å². The minimum absolute atomic E-state index is 0.235.